The van der Waals surface area contributed by atoms with Crippen molar-refractivity contribution in [3.05, 3.63) is 64.4 Å². The Kier molecular flexibility index (Phi) is 6.02. The van der Waals surface area contributed by atoms with E-state index in [9.17, 15) is 17.6 Å². The number of carbonyl (C=O) groups excluding carboxylic acids is 1. The smallest absolute Gasteiger partial charge is 0.241 e. The maximum atomic E-state index is 12.9. The minimum Gasteiger partial charge on any atom is -0.350 e. The second kappa shape index (κ2) is 7.84. The van der Waals surface area contributed by atoms with Crippen LogP contribution in [0.25, 0.3) is 0 Å². The minimum absolute atomic E-state index is 0.172. The first kappa shape index (κ1) is 19.2. The third-order valence-electron chi connectivity index (χ3n) is 3.60. The molecule has 25 heavy (non-hydrogen) atoms. The van der Waals surface area contributed by atoms with E-state index in [0.29, 0.717) is 21.8 Å². The highest BCUT2D eigenvalue weighted by molar-refractivity contribution is 7.92. The van der Waals surface area contributed by atoms with Crippen molar-refractivity contribution in [1.29, 1.82) is 0 Å². The number of rotatable bonds is 6. The summed E-state index contributed by atoms with van der Waals surface area (Å²) in [6, 6.07) is 10.5. The van der Waals surface area contributed by atoms with Crippen LogP contribution in [0.5, 0.6) is 0 Å². The molecule has 1 N–H and O–H groups in total. The molecule has 2 aromatic rings. The lowest BCUT2D eigenvalue weighted by atomic mass is 10.2. The van der Waals surface area contributed by atoms with Crippen LogP contribution in [0, 0.1) is 12.7 Å². The molecule has 2 rings (SSSR count). The first-order chi connectivity index (χ1) is 11.7. The Bertz CT molecular complexity index is 870. The van der Waals surface area contributed by atoms with Crippen molar-refractivity contribution in [3.63, 3.8) is 0 Å². The summed E-state index contributed by atoms with van der Waals surface area (Å²) in [5, 5.41) is 3.04. The van der Waals surface area contributed by atoms with Crippen LogP contribution in [0.1, 0.15) is 11.1 Å². The van der Waals surface area contributed by atoms with Gasteiger partial charge >= 0.3 is 0 Å². The number of hydrogen-bond acceptors (Lipinski definition) is 3. The largest absolute Gasteiger partial charge is 0.350 e. The maximum absolute atomic E-state index is 12.9. The van der Waals surface area contributed by atoms with Crippen molar-refractivity contribution in [2.45, 2.75) is 13.5 Å². The summed E-state index contributed by atoms with van der Waals surface area (Å²) in [7, 11) is -3.68. The summed E-state index contributed by atoms with van der Waals surface area (Å²) in [6.07, 6.45) is 1.03. The summed E-state index contributed by atoms with van der Waals surface area (Å²) in [5.74, 6) is -0.844. The van der Waals surface area contributed by atoms with E-state index in [2.05, 4.69) is 5.32 Å². The molecule has 0 spiro atoms. The zero-order valence-electron chi connectivity index (χ0n) is 13.8. The molecule has 0 saturated carbocycles. The number of benzene rings is 2. The van der Waals surface area contributed by atoms with E-state index in [0.717, 1.165) is 10.6 Å². The molecule has 0 atom stereocenters. The van der Waals surface area contributed by atoms with E-state index in [1.807, 2.05) is 0 Å². The van der Waals surface area contributed by atoms with Gasteiger partial charge in [-0.3, -0.25) is 9.10 Å². The molecule has 0 heterocycles. The van der Waals surface area contributed by atoms with Gasteiger partial charge < -0.3 is 5.32 Å². The third kappa shape index (κ3) is 5.17. The van der Waals surface area contributed by atoms with Crippen LogP contribution in [0.2, 0.25) is 5.02 Å². The average molecular weight is 385 g/mol. The van der Waals surface area contributed by atoms with Crippen LogP contribution in [-0.4, -0.2) is 27.1 Å². The molecule has 1 amide bonds. The van der Waals surface area contributed by atoms with Gasteiger partial charge in [-0.2, -0.15) is 0 Å². The van der Waals surface area contributed by atoms with E-state index in [1.54, 1.807) is 37.3 Å². The summed E-state index contributed by atoms with van der Waals surface area (Å²) in [5.41, 5.74) is 1.63. The quantitative estimate of drug-likeness (QED) is 0.832. The molecule has 134 valence electrons. The molecule has 0 radical (unpaired) electrons. The zero-order chi connectivity index (χ0) is 18.6. The summed E-state index contributed by atoms with van der Waals surface area (Å²) in [6.45, 7) is 1.48. The Labute approximate surface area is 151 Å². The fraction of sp³-hybridized carbons (Fsp3) is 0.235. The number of hydrogen-bond donors (Lipinski definition) is 1. The van der Waals surface area contributed by atoms with Crippen LogP contribution >= 0.6 is 11.6 Å². The molecule has 0 bridgehead atoms. The molecule has 0 saturated heterocycles. The van der Waals surface area contributed by atoms with Gasteiger partial charge in [-0.25, -0.2) is 12.8 Å². The van der Waals surface area contributed by atoms with E-state index < -0.39 is 15.9 Å². The Morgan fingerprint density at radius 3 is 2.44 bits per heavy atom. The molecule has 0 aromatic heterocycles. The molecule has 0 fully saturated rings. The van der Waals surface area contributed by atoms with Gasteiger partial charge in [-0.05, 0) is 42.3 Å². The lowest BCUT2D eigenvalue weighted by Crippen LogP contribution is -2.40. The molecule has 0 aliphatic rings. The topological polar surface area (TPSA) is 66.5 Å². The van der Waals surface area contributed by atoms with Crippen molar-refractivity contribution < 1.29 is 17.6 Å². The van der Waals surface area contributed by atoms with Gasteiger partial charge in [0.15, 0.2) is 0 Å². The first-order valence-corrected chi connectivity index (χ1v) is 9.65. The minimum atomic E-state index is -3.68. The Morgan fingerprint density at radius 2 is 1.84 bits per heavy atom. The fourth-order valence-electron chi connectivity index (χ4n) is 2.24. The highest BCUT2D eigenvalue weighted by atomic mass is 35.5. The molecule has 2 aromatic carbocycles. The van der Waals surface area contributed by atoms with Crippen molar-refractivity contribution in [3.8, 4) is 0 Å². The molecule has 0 unspecified atom stereocenters. The SMILES string of the molecule is Cc1c(Cl)cccc1N(CC(=O)NCc1ccc(F)cc1)S(C)(=O)=O. The van der Waals surface area contributed by atoms with E-state index in [4.69, 9.17) is 11.6 Å². The van der Waals surface area contributed by atoms with E-state index in [-0.39, 0.29) is 18.9 Å². The van der Waals surface area contributed by atoms with Crippen molar-refractivity contribution >= 4 is 33.2 Å². The Morgan fingerprint density at radius 1 is 1.20 bits per heavy atom. The summed E-state index contributed by atoms with van der Waals surface area (Å²) < 4.78 is 38.1. The van der Waals surface area contributed by atoms with Gasteiger partial charge in [0.2, 0.25) is 15.9 Å². The average Bonchev–Trinajstić information content (AvgIpc) is 2.54. The van der Waals surface area contributed by atoms with Gasteiger partial charge in [0, 0.05) is 11.6 Å². The predicted octanol–water partition coefficient (Wildman–Crippen LogP) is 2.87. The summed E-state index contributed by atoms with van der Waals surface area (Å²) >= 11 is 6.05. The number of sulfonamides is 1. The lowest BCUT2D eigenvalue weighted by molar-refractivity contribution is -0.119. The van der Waals surface area contributed by atoms with Crippen LogP contribution in [-0.2, 0) is 21.4 Å². The summed E-state index contributed by atoms with van der Waals surface area (Å²) in [4.78, 5) is 12.2. The molecular weight excluding hydrogens is 367 g/mol. The van der Waals surface area contributed by atoms with Gasteiger partial charge in [0.1, 0.15) is 12.4 Å². The number of halogens is 2. The first-order valence-electron chi connectivity index (χ1n) is 7.42. The molecule has 8 heteroatoms. The van der Waals surface area contributed by atoms with Gasteiger partial charge in [0.25, 0.3) is 0 Å². The van der Waals surface area contributed by atoms with Crippen LogP contribution in [0.15, 0.2) is 42.5 Å². The fourth-order valence-corrected chi connectivity index (χ4v) is 3.31. The Hall–Kier alpha value is -2.12. The molecular formula is C17H18ClFN2O3S. The van der Waals surface area contributed by atoms with E-state index in [1.165, 1.54) is 12.1 Å². The predicted molar refractivity (Wildman–Crippen MR) is 96.6 cm³/mol. The third-order valence-corrected chi connectivity index (χ3v) is 5.13. The normalized spacial score (nSPS) is 11.2. The van der Waals surface area contributed by atoms with Crippen LogP contribution in [0.4, 0.5) is 10.1 Å². The van der Waals surface area contributed by atoms with Crippen LogP contribution < -0.4 is 9.62 Å². The number of carbonyl (C=O) groups is 1. The number of nitrogens with one attached hydrogen (secondary N) is 1. The zero-order valence-corrected chi connectivity index (χ0v) is 15.4. The van der Waals surface area contributed by atoms with E-state index >= 15 is 0 Å². The van der Waals surface area contributed by atoms with Crippen molar-refractivity contribution in [1.82, 2.24) is 5.32 Å². The number of amides is 1. The number of nitrogens with zero attached hydrogens (tertiary/aromatic N) is 1. The second-order valence-electron chi connectivity index (χ2n) is 5.56. The van der Waals surface area contributed by atoms with Gasteiger partial charge in [-0.1, -0.05) is 29.8 Å². The van der Waals surface area contributed by atoms with Gasteiger partial charge in [-0.15, -0.1) is 0 Å². The highest BCUT2D eigenvalue weighted by Crippen LogP contribution is 2.27. The molecule has 0 aliphatic heterocycles. The van der Waals surface area contributed by atoms with Crippen LogP contribution in [0.3, 0.4) is 0 Å². The maximum Gasteiger partial charge on any atom is 0.241 e. The monoisotopic (exact) mass is 384 g/mol. The number of anilines is 1. The second-order valence-corrected chi connectivity index (χ2v) is 7.87. The van der Waals surface area contributed by atoms with Gasteiger partial charge in [0.05, 0.1) is 11.9 Å². The highest BCUT2D eigenvalue weighted by Gasteiger charge is 2.22. The molecule has 0 aliphatic carbocycles. The molecule has 5 nitrogen and oxygen atoms in total. The standard InChI is InChI=1S/C17H18ClFN2O3S/c1-12-15(18)4-3-5-16(12)21(25(2,23)24)11-17(22)20-10-13-6-8-14(19)9-7-13/h3-9H,10-11H2,1-2H3,(H,20,22). The van der Waals surface area contributed by atoms with Crippen molar-refractivity contribution in [2.75, 3.05) is 17.1 Å². The lowest BCUT2D eigenvalue weighted by Gasteiger charge is -2.24. The van der Waals surface area contributed by atoms with Crippen molar-refractivity contribution in [2.24, 2.45) is 0 Å². The Balaban J connectivity index is 2.13.